The number of hydrogen-bond acceptors (Lipinski definition) is 4. The zero-order valence-corrected chi connectivity index (χ0v) is 13.8. The zero-order valence-electron chi connectivity index (χ0n) is 13.0. The first-order valence-electron chi connectivity index (χ1n) is 7.52. The van der Waals surface area contributed by atoms with Crippen LogP contribution in [-0.4, -0.2) is 44.4 Å². The summed E-state index contributed by atoms with van der Waals surface area (Å²) in [6.07, 6.45) is 1.21. The normalized spacial score (nSPS) is 19.1. The quantitative estimate of drug-likeness (QED) is 0.733. The van der Waals surface area contributed by atoms with Gasteiger partial charge in [0.2, 0.25) is 5.91 Å². The Morgan fingerprint density at radius 1 is 1.26 bits per heavy atom. The molecular formula is C15H21N3O4S. The molecular weight excluding hydrogens is 318 g/mol. The van der Waals surface area contributed by atoms with Crippen LogP contribution in [0.15, 0.2) is 24.3 Å². The van der Waals surface area contributed by atoms with Crippen molar-refractivity contribution < 1.29 is 18.0 Å². The Morgan fingerprint density at radius 3 is 2.65 bits per heavy atom. The van der Waals surface area contributed by atoms with Gasteiger partial charge in [0.1, 0.15) is 0 Å². The van der Waals surface area contributed by atoms with Crippen LogP contribution in [0.1, 0.15) is 18.9 Å². The van der Waals surface area contributed by atoms with E-state index in [1.54, 1.807) is 6.07 Å². The van der Waals surface area contributed by atoms with Crippen LogP contribution in [0.4, 0.5) is 10.5 Å². The summed E-state index contributed by atoms with van der Waals surface area (Å²) in [5, 5.41) is 7.78. The molecule has 0 aromatic heterocycles. The van der Waals surface area contributed by atoms with E-state index in [9.17, 15) is 18.0 Å². The summed E-state index contributed by atoms with van der Waals surface area (Å²) in [7, 11) is -3.04. The number of hydrogen-bond donors (Lipinski definition) is 3. The Kier molecular flexibility index (Phi) is 5.59. The van der Waals surface area contributed by atoms with Crippen molar-refractivity contribution in [2.45, 2.75) is 25.8 Å². The third-order valence-corrected chi connectivity index (χ3v) is 5.42. The van der Waals surface area contributed by atoms with Gasteiger partial charge < -0.3 is 16.0 Å². The molecule has 0 radical (unpaired) electrons. The van der Waals surface area contributed by atoms with Gasteiger partial charge in [0, 0.05) is 11.7 Å². The van der Waals surface area contributed by atoms with Gasteiger partial charge in [-0.2, -0.15) is 0 Å². The summed E-state index contributed by atoms with van der Waals surface area (Å²) in [5.41, 5.74) is 1.71. The minimum absolute atomic E-state index is 0.0329. The van der Waals surface area contributed by atoms with E-state index in [-0.39, 0.29) is 24.1 Å². The topological polar surface area (TPSA) is 104 Å². The highest BCUT2D eigenvalue weighted by atomic mass is 32.2. The Bertz CT molecular complexity index is 688. The fraction of sp³-hybridized carbons (Fsp3) is 0.467. The highest BCUT2D eigenvalue weighted by Crippen LogP contribution is 2.15. The number of aryl methyl sites for hydroxylation is 1. The van der Waals surface area contributed by atoms with Gasteiger partial charge in [0.15, 0.2) is 9.84 Å². The first kappa shape index (κ1) is 17.3. The van der Waals surface area contributed by atoms with Crippen molar-refractivity contribution in [2.75, 3.05) is 23.4 Å². The minimum atomic E-state index is -3.04. The summed E-state index contributed by atoms with van der Waals surface area (Å²) in [6.45, 7) is 1.79. The molecule has 1 aliphatic rings. The SMILES string of the molecule is CCc1ccccc1NC(=O)NCC(=O)N[C@H]1CCS(=O)(=O)C1. The molecule has 126 valence electrons. The van der Waals surface area contributed by atoms with Gasteiger partial charge in [0.25, 0.3) is 0 Å². The monoisotopic (exact) mass is 339 g/mol. The molecule has 1 aromatic rings. The molecule has 2 rings (SSSR count). The van der Waals surface area contributed by atoms with Crippen LogP contribution in [0.25, 0.3) is 0 Å². The van der Waals surface area contributed by atoms with Gasteiger partial charge in [-0.15, -0.1) is 0 Å². The maximum atomic E-state index is 11.8. The van der Waals surface area contributed by atoms with E-state index in [1.165, 1.54) is 0 Å². The minimum Gasteiger partial charge on any atom is -0.351 e. The third-order valence-electron chi connectivity index (χ3n) is 3.65. The van der Waals surface area contributed by atoms with Crippen LogP contribution in [0.5, 0.6) is 0 Å². The fourth-order valence-corrected chi connectivity index (χ4v) is 4.14. The molecule has 7 nitrogen and oxygen atoms in total. The fourth-order valence-electron chi connectivity index (χ4n) is 2.47. The van der Waals surface area contributed by atoms with Crippen molar-refractivity contribution in [3.05, 3.63) is 29.8 Å². The van der Waals surface area contributed by atoms with Crippen LogP contribution < -0.4 is 16.0 Å². The molecule has 1 aromatic carbocycles. The highest BCUT2D eigenvalue weighted by molar-refractivity contribution is 7.91. The maximum Gasteiger partial charge on any atom is 0.319 e. The van der Waals surface area contributed by atoms with E-state index in [4.69, 9.17) is 0 Å². The van der Waals surface area contributed by atoms with Gasteiger partial charge in [0.05, 0.1) is 18.1 Å². The molecule has 1 atom stereocenters. The van der Waals surface area contributed by atoms with Crippen molar-refractivity contribution in [1.82, 2.24) is 10.6 Å². The molecule has 0 aliphatic carbocycles. The number of urea groups is 1. The molecule has 0 spiro atoms. The smallest absolute Gasteiger partial charge is 0.319 e. The van der Waals surface area contributed by atoms with Crippen LogP contribution in [0, 0.1) is 0 Å². The second kappa shape index (κ2) is 7.45. The van der Waals surface area contributed by atoms with E-state index in [1.807, 2.05) is 25.1 Å². The average Bonchev–Trinajstić information content (AvgIpc) is 2.84. The summed E-state index contributed by atoms with van der Waals surface area (Å²) in [6, 6.07) is 6.59. The molecule has 23 heavy (non-hydrogen) atoms. The maximum absolute atomic E-state index is 11.8. The second-order valence-corrected chi connectivity index (χ2v) is 7.71. The summed E-state index contributed by atoms with van der Waals surface area (Å²) < 4.78 is 22.6. The molecule has 3 amide bonds. The van der Waals surface area contributed by atoms with Crippen LogP contribution >= 0.6 is 0 Å². The van der Waals surface area contributed by atoms with E-state index in [2.05, 4.69) is 16.0 Å². The zero-order chi connectivity index (χ0) is 16.9. The van der Waals surface area contributed by atoms with Crippen molar-refractivity contribution in [3.63, 3.8) is 0 Å². The standard InChI is InChI=1S/C15H21N3O4S/c1-2-11-5-3-4-6-13(11)18-15(20)16-9-14(19)17-12-7-8-23(21,22)10-12/h3-6,12H,2,7-10H2,1H3,(H,17,19)(H2,16,18,20)/t12-/m0/s1. The van der Waals surface area contributed by atoms with E-state index in [0.29, 0.717) is 12.1 Å². The van der Waals surface area contributed by atoms with Crippen molar-refractivity contribution >= 4 is 27.5 Å². The summed E-state index contributed by atoms with van der Waals surface area (Å²) in [5.74, 6) is -0.333. The van der Waals surface area contributed by atoms with E-state index >= 15 is 0 Å². The molecule has 0 bridgehead atoms. The van der Waals surface area contributed by atoms with Crippen molar-refractivity contribution in [3.8, 4) is 0 Å². The first-order valence-corrected chi connectivity index (χ1v) is 9.34. The van der Waals surface area contributed by atoms with Crippen molar-refractivity contribution in [2.24, 2.45) is 0 Å². The van der Waals surface area contributed by atoms with E-state index in [0.717, 1.165) is 12.0 Å². The molecule has 0 saturated carbocycles. The number of para-hydroxylation sites is 1. The molecule has 1 fully saturated rings. The lowest BCUT2D eigenvalue weighted by molar-refractivity contribution is -0.120. The largest absolute Gasteiger partial charge is 0.351 e. The number of nitrogens with one attached hydrogen (secondary N) is 3. The van der Waals surface area contributed by atoms with Crippen LogP contribution in [0.2, 0.25) is 0 Å². The van der Waals surface area contributed by atoms with Gasteiger partial charge in [-0.25, -0.2) is 13.2 Å². The molecule has 1 heterocycles. The molecule has 1 saturated heterocycles. The predicted molar refractivity (Wildman–Crippen MR) is 88.0 cm³/mol. The average molecular weight is 339 g/mol. The van der Waals surface area contributed by atoms with Crippen LogP contribution in [0.3, 0.4) is 0 Å². The second-order valence-electron chi connectivity index (χ2n) is 5.49. The number of anilines is 1. The lowest BCUT2D eigenvalue weighted by atomic mass is 10.1. The van der Waals surface area contributed by atoms with E-state index < -0.39 is 21.8 Å². The number of amides is 3. The highest BCUT2D eigenvalue weighted by Gasteiger charge is 2.28. The van der Waals surface area contributed by atoms with Gasteiger partial charge in [-0.1, -0.05) is 25.1 Å². The molecule has 3 N–H and O–H groups in total. The molecule has 8 heteroatoms. The summed E-state index contributed by atoms with van der Waals surface area (Å²) in [4.78, 5) is 23.6. The van der Waals surface area contributed by atoms with Gasteiger partial charge in [-0.05, 0) is 24.5 Å². The Labute approximate surface area is 135 Å². The molecule has 0 unspecified atom stereocenters. The van der Waals surface area contributed by atoms with Gasteiger partial charge in [-0.3, -0.25) is 4.79 Å². The summed E-state index contributed by atoms with van der Waals surface area (Å²) >= 11 is 0. The van der Waals surface area contributed by atoms with Crippen LogP contribution in [-0.2, 0) is 21.1 Å². The number of benzene rings is 1. The number of carbonyl (C=O) groups excluding carboxylic acids is 2. The number of rotatable bonds is 5. The lowest BCUT2D eigenvalue weighted by Gasteiger charge is -2.13. The Morgan fingerprint density at radius 2 is 2.00 bits per heavy atom. The predicted octanol–water partition coefficient (Wildman–Crippen LogP) is 0.674. The first-order chi connectivity index (χ1) is 10.9. The Balaban J connectivity index is 1.77. The Hall–Kier alpha value is -2.09. The lowest BCUT2D eigenvalue weighted by Crippen LogP contribution is -2.43. The third kappa shape index (κ3) is 5.24. The van der Waals surface area contributed by atoms with Gasteiger partial charge >= 0.3 is 6.03 Å². The number of sulfone groups is 1. The molecule has 1 aliphatic heterocycles. The number of carbonyl (C=O) groups is 2. The van der Waals surface area contributed by atoms with Crippen molar-refractivity contribution in [1.29, 1.82) is 0 Å².